The molecule has 0 bridgehead atoms. The van der Waals surface area contributed by atoms with Gasteiger partial charge in [-0.25, -0.2) is 0 Å². The number of furan rings is 1. The molecule has 2 aliphatic heterocycles. The van der Waals surface area contributed by atoms with Crippen molar-refractivity contribution in [2.45, 2.75) is 52.4 Å². The van der Waals surface area contributed by atoms with Gasteiger partial charge in [0, 0.05) is 66.4 Å². The molecule has 0 aliphatic carbocycles. The minimum Gasteiger partial charge on any atom is -0.452 e. The van der Waals surface area contributed by atoms with Gasteiger partial charge in [-0.3, -0.25) is 0 Å². The van der Waals surface area contributed by atoms with Crippen molar-refractivity contribution < 1.29 is 29.1 Å². The highest BCUT2D eigenvalue weighted by Crippen LogP contribution is 2.52. The van der Waals surface area contributed by atoms with E-state index in [1.165, 1.54) is 15.7 Å². The van der Waals surface area contributed by atoms with Crippen LogP contribution in [0.5, 0.6) is 0 Å². The summed E-state index contributed by atoms with van der Waals surface area (Å²) >= 11 is 0. The fourth-order valence-corrected chi connectivity index (χ4v) is 15.1. The van der Waals surface area contributed by atoms with E-state index in [-0.39, 0.29) is 60.6 Å². The van der Waals surface area contributed by atoms with Gasteiger partial charge in [0.2, 0.25) is 0 Å². The first kappa shape index (κ1) is 41.9. The van der Waals surface area contributed by atoms with Gasteiger partial charge >= 0.3 is 0 Å². The second-order valence-corrected chi connectivity index (χ2v) is 27.5. The second-order valence-electron chi connectivity index (χ2n) is 27.5. The summed E-state index contributed by atoms with van der Waals surface area (Å²) in [6, 6.07) is 55.7. The van der Waals surface area contributed by atoms with E-state index in [1.54, 1.807) is 18.2 Å². The lowest BCUT2D eigenvalue weighted by atomic mass is 9.33. The Morgan fingerprint density at radius 2 is 0.776 bits per heavy atom. The summed E-state index contributed by atoms with van der Waals surface area (Å²) < 4.78 is 179. The average Bonchev–Trinajstić information content (AvgIpc) is 0.962. The maximum Gasteiger partial charge on any atom is 0.252 e. The fraction of sp³-hybridized carbons (Fsp3) is 0.0870. The maximum absolute atomic E-state index is 9.90. The standard InChI is InChI=1S/C92H69BN4O/c1-91(2,3)66-42-47-80-74(55-66)75-56-67(92(4,5)6)43-48-81(75)96(80)82-39-23-35-72-73-36-24-40-83(90(73)98-89(72)82)97-84-52-62(58-25-11-7-12-26-58)41-45-76(84)93-77-46-44-68(94-78-37-21-19-33-70(78)71-34-20-22-38-79(71)94)57-85(77)95(86-53-65(54-87(97)88(86)93)61-31-17-10-18-32-61)69-50-63(59-27-13-8-14-28-59)49-64(51-69)60-29-15-9-16-30-60/h7-57H,1-6H3/i7D,10D,11D,12D,17D,18D,19D,20D,21D,22D,25D,26D,31D,32D,33D,34D,37D,38D. The number of anilines is 6. The SMILES string of the molecule is [2H]c1c([2H])c([2H])c(-c2ccc3c(c2)N(c2cccc4c2oc2c(-n5c6ccc(C(C)(C)C)cc6c6cc(C(C)(C)C)ccc65)cccc24)c2cc(-c4c([2H])c([2H])c([2H])c([2H])c4[2H])cc4c2B3c2ccc(-n3c5c([2H])c([2H])c([2H])c([2H])c5c5c([2H])c([2H])c([2H])c([2H])c53)cc2N4c2cc(-c3ccccc3)cc(-c3ccccc3)c2)c([2H])c1[2H]. The number of aromatic nitrogens is 2. The van der Waals surface area contributed by atoms with E-state index in [2.05, 4.69) is 94.6 Å². The molecule has 0 unspecified atom stereocenters. The normalized spacial score (nSPS) is 15.5. The lowest BCUT2D eigenvalue weighted by molar-refractivity contribution is 0.590. The lowest BCUT2D eigenvalue weighted by Gasteiger charge is -2.44. The molecule has 98 heavy (non-hydrogen) atoms. The molecule has 19 rings (SSSR count). The van der Waals surface area contributed by atoms with Crippen LogP contribution in [0.2, 0.25) is 0 Å². The van der Waals surface area contributed by atoms with E-state index in [4.69, 9.17) is 15.4 Å². The first-order valence-electron chi connectivity index (χ1n) is 41.9. The Labute approximate surface area is 596 Å². The van der Waals surface area contributed by atoms with Gasteiger partial charge in [-0.1, -0.05) is 253 Å². The summed E-state index contributed by atoms with van der Waals surface area (Å²) in [5, 5.41) is 3.35. The molecule has 5 heterocycles. The topological polar surface area (TPSA) is 29.5 Å². The number of rotatable bonds is 8. The van der Waals surface area contributed by atoms with Gasteiger partial charge in [-0.2, -0.15) is 0 Å². The van der Waals surface area contributed by atoms with Crippen LogP contribution in [-0.4, -0.2) is 15.8 Å². The molecule has 0 fully saturated rings. The highest BCUT2D eigenvalue weighted by Gasteiger charge is 2.45. The molecule has 6 heteroatoms. The molecular weight excluding hydrogens is 1190 g/mol. The highest BCUT2D eigenvalue weighted by atomic mass is 16.3. The quantitative estimate of drug-likeness (QED) is 0.142. The Bertz CT molecular complexity index is 6980. The Kier molecular flexibility index (Phi) is 9.33. The zero-order valence-electron chi connectivity index (χ0n) is 72.3. The van der Waals surface area contributed by atoms with E-state index in [9.17, 15) is 13.7 Å². The van der Waals surface area contributed by atoms with Crippen molar-refractivity contribution in [3.8, 4) is 55.9 Å². The number of hydrogen-bond donors (Lipinski definition) is 0. The molecule has 2 aliphatic rings. The Morgan fingerprint density at radius 3 is 1.35 bits per heavy atom. The van der Waals surface area contributed by atoms with Gasteiger partial charge in [0.15, 0.2) is 11.2 Å². The van der Waals surface area contributed by atoms with Crippen molar-refractivity contribution in [2.24, 2.45) is 0 Å². The summed E-state index contributed by atoms with van der Waals surface area (Å²) in [5.41, 5.74) is 13.6. The molecular formula is C92H69BN4O. The molecule has 0 N–H and O–H groups in total. The molecule has 466 valence electrons. The molecule has 0 radical (unpaired) electrons. The summed E-state index contributed by atoms with van der Waals surface area (Å²) in [4.78, 5) is 4.03. The van der Waals surface area contributed by atoms with Crippen molar-refractivity contribution in [3.63, 3.8) is 0 Å². The third-order valence-electron chi connectivity index (χ3n) is 19.8. The minimum atomic E-state index is -0.886. The molecule has 5 nitrogen and oxygen atoms in total. The van der Waals surface area contributed by atoms with Crippen molar-refractivity contribution in [1.29, 1.82) is 0 Å². The average molecular weight is 1280 g/mol. The van der Waals surface area contributed by atoms with Crippen LogP contribution < -0.4 is 26.2 Å². The van der Waals surface area contributed by atoms with Crippen molar-refractivity contribution in [3.05, 3.63) is 320 Å². The molecule has 0 saturated heterocycles. The first-order chi connectivity index (χ1) is 55.3. The Morgan fingerprint density at radius 1 is 0.296 bits per heavy atom. The highest BCUT2D eigenvalue weighted by molar-refractivity contribution is 7.00. The van der Waals surface area contributed by atoms with Crippen molar-refractivity contribution >= 4 is 123 Å². The number of para-hydroxylation sites is 4. The largest absolute Gasteiger partial charge is 0.452 e. The van der Waals surface area contributed by atoms with Gasteiger partial charge in [-0.05, 0) is 180 Å². The van der Waals surface area contributed by atoms with Crippen LogP contribution >= 0.6 is 0 Å². The van der Waals surface area contributed by atoms with Crippen LogP contribution in [0.4, 0.5) is 34.1 Å². The van der Waals surface area contributed by atoms with Crippen LogP contribution in [0.3, 0.4) is 0 Å². The fourth-order valence-electron chi connectivity index (χ4n) is 15.1. The van der Waals surface area contributed by atoms with E-state index in [0.717, 1.165) is 55.1 Å². The zero-order chi connectivity index (χ0) is 81.4. The van der Waals surface area contributed by atoms with Crippen LogP contribution in [0.15, 0.2) is 313 Å². The number of benzene rings is 14. The van der Waals surface area contributed by atoms with E-state index in [0.29, 0.717) is 67.1 Å². The smallest absolute Gasteiger partial charge is 0.252 e. The first-order valence-corrected chi connectivity index (χ1v) is 32.9. The zero-order valence-corrected chi connectivity index (χ0v) is 54.3. The van der Waals surface area contributed by atoms with Gasteiger partial charge in [-0.15, -0.1) is 0 Å². The molecule has 14 aromatic carbocycles. The summed E-state index contributed by atoms with van der Waals surface area (Å²) in [6.45, 7) is 12.4. The van der Waals surface area contributed by atoms with Crippen molar-refractivity contribution in [2.75, 3.05) is 9.80 Å². The van der Waals surface area contributed by atoms with E-state index >= 15 is 0 Å². The monoisotopic (exact) mass is 1270 g/mol. The van der Waals surface area contributed by atoms with Gasteiger partial charge in [0.05, 0.1) is 58.1 Å². The van der Waals surface area contributed by atoms with Crippen molar-refractivity contribution in [1.82, 2.24) is 9.13 Å². The van der Waals surface area contributed by atoms with Gasteiger partial charge < -0.3 is 23.4 Å². The van der Waals surface area contributed by atoms with Crippen LogP contribution in [0.25, 0.3) is 121 Å². The molecule has 3 aromatic heterocycles. The molecule has 0 saturated carbocycles. The second kappa shape index (κ2) is 21.8. The summed E-state index contributed by atoms with van der Waals surface area (Å²) in [6.07, 6.45) is 0. The third-order valence-corrected chi connectivity index (χ3v) is 19.8. The predicted molar refractivity (Wildman–Crippen MR) is 416 cm³/mol. The maximum atomic E-state index is 9.90. The Hall–Kier alpha value is -11.9. The minimum absolute atomic E-state index is 0.0883. The van der Waals surface area contributed by atoms with Gasteiger partial charge in [0.1, 0.15) is 0 Å². The molecule has 0 amide bonds. The van der Waals surface area contributed by atoms with E-state index < -0.39 is 115 Å². The van der Waals surface area contributed by atoms with Gasteiger partial charge in [0.25, 0.3) is 6.71 Å². The molecule has 17 aromatic rings. The predicted octanol–water partition coefficient (Wildman–Crippen LogP) is 23.1. The van der Waals surface area contributed by atoms with E-state index in [1.807, 2.05) is 143 Å². The van der Waals surface area contributed by atoms with Crippen LogP contribution in [0.1, 0.15) is 77.3 Å². The van der Waals surface area contributed by atoms with Crippen LogP contribution in [-0.2, 0) is 10.8 Å². The number of fused-ring (bicyclic) bond motifs is 13. The number of nitrogens with zero attached hydrogens (tertiary/aromatic N) is 4. The van der Waals surface area contributed by atoms with Crippen LogP contribution in [0, 0.1) is 0 Å². The molecule has 0 atom stereocenters. The Balaban J connectivity index is 0.973. The lowest BCUT2D eigenvalue weighted by Crippen LogP contribution is -2.61. The third kappa shape index (κ3) is 9.01. The summed E-state index contributed by atoms with van der Waals surface area (Å²) in [5.74, 6) is 0. The summed E-state index contributed by atoms with van der Waals surface area (Å²) in [7, 11) is 0. The molecule has 0 spiro atoms. The number of hydrogen-bond acceptors (Lipinski definition) is 3.